The molecule has 49 heavy (non-hydrogen) atoms. The smallest absolute Gasteiger partial charge is 0.0165 e. The Hall–Kier alpha value is -5.98. The Morgan fingerprint density at radius 3 is 1.53 bits per heavy atom. The summed E-state index contributed by atoms with van der Waals surface area (Å²) in [5, 5.41) is 10.3. The van der Waals surface area contributed by atoms with Gasteiger partial charge in [0.25, 0.3) is 0 Å². The van der Waals surface area contributed by atoms with E-state index in [4.69, 9.17) is 0 Å². The van der Waals surface area contributed by atoms with Gasteiger partial charge in [0.2, 0.25) is 0 Å². The Labute approximate surface area is 286 Å². The summed E-state index contributed by atoms with van der Waals surface area (Å²) in [5.41, 5.74) is 13.0. The predicted octanol–water partition coefficient (Wildman–Crippen LogP) is 13.6. The van der Waals surface area contributed by atoms with Crippen molar-refractivity contribution >= 4 is 43.1 Å². The molecule has 0 heteroatoms. The molecule has 9 aromatic carbocycles. The van der Waals surface area contributed by atoms with Crippen LogP contribution in [0.2, 0.25) is 0 Å². The van der Waals surface area contributed by atoms with Crippen LogP contribution in [-0.2, 0) is 5.41 Å². The first-order valence-electron chi connectivity index (χ1n) is 17.3. The number of hydrogen-bond donors (Lipinski definition) is 0. The SMILES string of the molecule is CC1(C)c2ccc(-c3c4ccccc4c(-c4cccc(-c5ccc6ccccc6c5)c4)c4ccccc34)cc2-c2ccc3ccccc3c21. The molecule has 0 fully saturated rings. The van der Waals surface area contributed by atoms with Gasteiger partial charge in [0.05, 0.1) is 0 Å². The van der Waals surface area contributed by atoms with Gasteiger partial charge in [0.1, 0.15) is 0 Å². The molecule has 1 aliphatic carbocycles. The van der Waals surface area contributed by atoms with Crippen LogP contribution >= 0.6 is 0 Å². The molecule has 1 aliphatic rings. The van der Waals surface area contributed by atoms with Gasteiger partial charge in [-0.15, -0.1) is 0 Å². The van der Waals surface area contributed by atoms with Crippen LogP contribution in [0.3, 0.4) is 0 Å². The van der Waals surface area contributed by atoms with Gasteiger partial charge in [0.15, 0.2) is 0 Å². The van der Waals surface area contributed by atoms with Gasteiger partial charge in [-0.3, -0.25) is 0 Å². The summed E-state index contributed by atoms with van der Waals surface area (Å²) in [6, 6.07) is 63.1. The summed E-state index contributed by atoms with van der Waals surface area (Å²) >= 11 is 0. The Morgan fingerprint density at radius 2 is 0.837 bits per heavy atom. The third-order valence-corrected chi connectivity index (χ3v) is 11.0. The van der Waals surface area contributed by atoms with E-state index in [0.717, 1.165) is 0 Å². The number of rotatable bonds is 3. The van der Waals surface area contributed by atoms with Crippen LogP contribution in [-0.4, -0.2) is 0 Å². The topological polar surface area (TPSA) is 0 Å². The van der Waals surface area contributed by atoms with E-state index in [2.05, 4.69) is 184 Å². The van der Waals surface area contributed by atoms with Crippen molar-refractivity contribution in [1.29, 1.82) is 0 Å². The zero-order valence-electron chi connectivity index (χ0n) is 27.7. The van der Waals surface area contributed by atoms with Crippen molar-refractivity contribution in [2.75, 3.05) is 0 Å². The lowest BCUT2D eigenvalue weighted by atomic mass is 9.80. The molecule has 0 spiro atoms. The molecule has 0 atom stereocenters. The van der Waals surface area contributed by atoms with Crippen LogP contribution in [0.5, 0.6) is 0 Å². The molecule has 0 nitrogen and oxygen atoms in total. The predicted molar refractivity (Wildman–Crippen MR) is 210 cm³/mol. The monoisotopic (exact) mass is 622 g/mol. The molecule has 9 aromatic rings. The van der Waals surface area contributed by atoms with Crippen molar-refractivity contribution in [1.82, 2.24) is 0 Å². The molecule has 0 aliphatic heterocycles. The van der Waals surface area contributed by atoms with Crippen LogP contribution in [0.4, 0.5) is 0 Å². The summed E-state index contributed by atoms with van der Waals surface area (Å²) < 4.78 is 0. The molecule has 230 valence electrons. The number of benzene rings is 9. The van der Waals surface area contributed by atoms with Crippen molar-refractivity contribution in [3.63, 3.8) is 0 Å². The lowest BCUT2D eigenvalue weighted by Gasteiger charge is -2.23. The van der Waals surface area contributed by atoms with Gasteiger partial charge in [-0.1, -0.05) is 166 Å². The molecule has 0 unspecified atom stereocenters. The normalized spacial score (nSPS) is 13.3. The summed E-state index contributed by atoms with van der Waals surface area (Å²) in [7, 11) is 0. The van der Waals surface area contributed by atoms with Crippen LogP contribution in [0.15, 0.2) is 170 Å². The van der Waals surface area contributed by atoms with Crippen LogP contribution < -0.4 is 0 Å². The van der Waals surface area contributed by atoms with Crippen LogP contribution in [0.25, 0.3) is 87.6 Å². The largest absolute Gasteiger partial charge is 0.0616 e. The maximum Gasteiger partial charge on any atom is 0.0165 e. The minimum atomic E-state index is -0.0753. The van der Waals surface area contributed by atoms with Crippen molar-refractivity contribution < 1.29 is 0 Å². The lowest BCUT2D eigenvalue weighted by Crippen LogP contribution is -2.15. The van der Waals surface area contributed by atoms with Gasteiger partial charge in [0, 0.05) is 5.41 Å². The number of hydrogen-bond acceptors (Lipinski definition) is 0. The van der Waals surface area contributed by atoms with E-state index in [1.54, 1.807) is 0 Å². The summed E-state index contributed by atoms with van der Waals surface area (Å²) in [4.78, 5) is 0. The van der Waals surface area contributed by atoms with Gasteiger partial charge in [-0.2, -0.15) is 0 Å². The van der Waals surface area contributed by atoms with E-state index < -0.39 is 0 Å². The minimum Gasteiger partial charge on any atom is -0.0616 e. The summed E-state index contributed by atoms with van der Waals surface area (Å²) in [5.74, 6) is 0. The van der Waals surface area contributed by atoms with Crippen molar-refractivity contribution in [2.45, 2.75) is 19.3 Å². The maximum atomic E-state index is 2.46. The second kappa shape index (κ2) is 10.5. The fourth-order valence-corrected chi connectivity index (χ4v) is 8.75. The lowest BCUT2D eigenvalue weighted by molar-refractivity contribution is 0.666. The Balaban J connectivity index is 1.20. The van der Waals surface area contributed by atoms with Crippen LogP contribution in [0.1, 0.15) is 25.0 Å². The van der Waals surface area contributed by atoms with E-state index in [9.17, 15) is 0 Å². The third kappa shape index (κ3) is 4.17. The fourth-order valence-electron chi connectivity index (χ4n) is 8.75. The Morgan fingerprint density at radius 1 is 0.327 bits per heavy atom. The molecule has 0 N–H and O–H groups in total. The molecule has 0 amide bonds. The van der Waals surface area contributed by atoms with E-state index in [1.165, 1.54) is 98.7 Å². The van der Waals surface area contributed by atoms with Crippen LogP contribution in [0, 0.1) is 0 Å². The van der Waals surface area contributed by atoms with E-state index >= 15 is 0 Å². The second-order valence-corrected chi connectivity index (χ2v) is 14.1. The fraction of sp³-hybridized carbons (Fsp3) is 0.0612. The Bertz CT molecular complexity index is 2740. The molecule has 10 rings (SSSR count). The molecule has 0 aromatic heterocycles. The number of fused-ring (bicyclic) bond motifs is 8. The van der Waals surface area contributed by atoms with Crippen molar-refractivity contribution in [3.05, 3.63) is 181 Å². The van der Waals surface area contributed by atoms with E-state index in [0.29, 0.717) is 0 Å². The van der Waals surface area contributed by atoms with Crippen molar-refractivity contribution in [3.8, 4) is 44.5 Å². The van der Waals surface area contributed by atoms with E-state index in [-0.39, 0.29) is 5.41 Å². The van der Waals surface area contributed by atoms with E-state index in [1.807, 2.05) is 0 Å². The van der Waals surface area contributed by atoms with Gasteiger partial charge >= 0.3 is 0 Å². The van der Waals surface area contributed by atoms with Gasteiger partial charge in [-0.25, -0.2) is 0 Å². The Kier molecular flexibility index (Phi) is 6.02. The molecule has 0 bridgehead atoms. The average molecular weight is 623 g/mol. The highest BCUT2D eigenvalue weighted by molar-refractivity contribution is 6.21. The van der Waals surface area contributed by atoms with Gasteiger partial charge in [-0.05, 0) is 117 Å². The summed E-state index contributed by atoms with van der Waals surface area (Å²) in [6.45, 7) is 4.77. The highest BCUT2D eigenvalue weighted by Gasteiger charge is 2.37. The van der Waals surface area contributed by atoms with Gasteiger partial charge < -0.3 is 0 Å². The first kappa shape index (κ1) is 28.1. The summed E-state index contributed by atoms with van der Waals surface area (Å²) in [6.07, 6.45) is 0. The molecule has 0 saturated heterocycles. The first-order chi connectivity index (χ1) is 24.1. The molecular weight excluding hydrogens is 589 g/mol. The molecule has 0 heterocycles. The molecule has 0 radical (unpaired) electrons. The minimum absolute atomic E-state index is 0.0753. The first-order valence-corrected chi connectivity index (χ1v) is 17.3. The third-order valence-electron chi connectivity index (χ3n) is 11.0. The zero-order valence-corrected chi connectivity index (χ0v) is 27.7. The highest BCUT2D eigenvalue weighted by atomic mass is 14.4. The van der Waals surface area contributed by atoms with Crippen molar-refractivity contribution in [2.24, 2.45) is 0 Å². The second-order valence-electron chi connectivity index (χ2n) is 14.1. The average Bonchev–Trinajstić information content (AvgIpc) is 3.39. The zero-order chi connectivity index (χ0) is 32.7. The highest BCUT2D eigenvalue weighted by Crippen LogP contribution is 2.53. The standard InChI is InChI=1S/C49H34/c1-49(2)45-27-25-37(30-44(45)43-26-24-32-13-5-6-17-38(32)48(43)49)47-41-20-9-7-18-39(41)46(40-19-8-10-21-42(40)47)36-16-11-15-34(29-36)35-23-22-31-12-3-4-14-33(31)28-35/h3-30H,1-2H3. The molecular formula is C49H34. The molecule has 0 saturated carbocycles. The quantitative estimate of drug-likeness (QED) is 0.172. The maximum absolute atomic E-state index is 2.46.